The molecule has 17 heavy (non-hydrogen) atoms. The first-order valence-corrected chi connectivity index (χ1v) is 6.77. The van der Waals surface area contributed by atoms with Crippen LogP contribution in [-0.2, 0) is 0 Å². The molecule has 0 aromatic carbocycles. The second-order valence-electron chi connectivity index (χ2n) is 5.02. The number of nitrogen functional groups attached to an aromatic ring is 1. The van der Waals surface area contributed by atoms with Crippen molar-refractivity contribution in [3.05, 3.63) is 18.5 Å². The number of hydrogen-bond donors (Lipinski definition) is 2. The van der Waals surface area contributed by atoms with Crippen molar-refractivity contribution in [3.63, 3.8) is 0 Å². The summed E-state index contributed by atoms with van der Waals surface area (Å²) in [4.78, 5) is 4.03. The Kier molecular flexibility index (Phi) is 4.24. The van der Waals surface area contributed by atoms with E-state index in [0.717, 1.165) is 23.7 Å². The standard InChI is InChI=1S/C14H23N3/c1-2-13(11-6-4-3-5-7-11)17-14-8-9-16-10-12(14)15/h8-11,13H,2-7,15H2,1H3,(H,16,17). The van der Waals surface area contributed by atoms with Crippen LogP contribution in [-0.4, -0.2) is 11.0 Å². The molecule has 0 spiro atoms. The molecule has 1 aliphatic rings. The van der Waals surface area contributed by atoms with E-state index in [0.29, 0.717) is 6.04 Å². The topological polar surface area (TPSA) is 50.9 Å². The Morgan fingerprint density at radius 2 is 2.18 bits per heavy atom. The first kappa shape index (κ1) is 12.2. The summed E-state index contributed by atoms with van der Waals surface area (Å²) in [6, 6.07) is 2.53. The minimum absolute atomic E-state index is 0.556. The molecule has 0 aliphatic heterocycles. The Morgan fingerprint density at radius 3 is 2.82 bits per heavy atom. The van der Waals surface area contributed by atoms with E-state index in [9.17, 15) is 0 Å². The highest BCUT2D eigenvalue weighted by Gasteiger charge is 2.22. The quantitative estimate of drug-likeness (QED) is 0.837. The van der Waals surface area contributed by atoms with Gasteiger partial charge < -0.3 is 11.1 Å². The molecule has 94 valence electrons. The summed E-state index contributed by atoms with van der Waals surface area (Å²) in [6.45, 7) is 2.25. The summed E-state index contributed by atoms with van der Waals surface area (Å²) in [5.41, 5.74) is 7.72. The molecular weight excluding hydrogens is 210 g/mol. The molecule has 2 rings (SSSR count). The van der Waals surface area contributed by atoms with Gasteiger partial charge in [0, 0.05) is 12.2 Å². The van der Waals surface area contributed by atoms with Gasteiger partial charge in [0.1, 0.15) is 0 Å². The highest BCUT2D eigenvalue weighted by atomic mass is 14.9. The maximum absolute atomic E-state index is 5.93. The molecule has 0 saturated heterocycles. The number of rotatable bonds is 4. The highest BCUT2D eigenvalue weighted by molar-refractivity contribution is 5.64. The Morgan fingerprint density at radius 1 is 1.41 bits per heavy atom. The molecule has 0 radical (unpaired) electrons. The van der Waals surface area contributed by atoms with E-state index in [2.05, 4.69) is 17.2 Å². The summed E-state index contributed by atoms with van der Waals surface area (Å²) in [7, 11) is 0. The first-order valence-electron chi connectivity index (χ1n) is 6.77. The monoisotopic (exact) mass is 233 g/mol. The van der Waals surface area contributed by atoms with Crippen LogP contribution in [0, 0.1) is 5.92 Å². The smallest absolute Gasteiger partial charge is 0.0736 e. The summed E-state index contributed by atoms with van der Waals surface area (Å²) < 4.78 is 0. The van der Waals surface area contributed by atoms with Gasteiger partial charge in [-0.2, -0.15) is 0 Å². The highest BCUT2D eigenvalue weighted by Crippen LogP contribution is 2.30. The lowest BCUT2D eigenvalue weighted by Gasteiger charge is -2.31. The van der Waals surface area contributed by atoms with Gasteiger partial charge in [0.15, 0.2) is 0 Å². The molecular formula is C14H23N3. The van der Waals surface area contributed by atoms with Crippen molar-refractivity contribution in [2.75, 3.05) is 11.1 Å². The summed E-state index contributed by atoms with van der Waals surface area (Å²) >= 11 is 0. The number of hydrogen-bond acceptors (Lipinski definition) is 3. The number of nitrogens with one attached hydrogen (secondary N) is 1. The molecule has 1 heterocycles. The van der Waals surface area contributed by atoms with Crippen molar-refractivity contribution in [1.29, 1.82) is 0 Å². The molecule has 1 saturated carbocycles. The van der Waals surface area contributed by atoms with Gasteiger partial charge in [0.2, 0.25) is 0 Å². The molecule has 1 fully saturated rings. The minimum Gasteiger partial charge on any atom is -0.396 e. The van der Waals surface area contributed by atoms with Crippen LogP contribution in [0.25, 0.3) is 0 Å². The predicted octanol–water partition coefficient (Wildman–Crippen LogP) is 3.43. The van der Waals surface area contributed by atoms with Crippen molar-refractivity contribution in [2.45, 2.75) is 51.5 Å². The number of anilines is 2. The predicted molar refractivity (Wildman–Crippen MR) is 72.9 cm³/mol. The maximum Gasteiger partial charge on any atom is 0.0736 e. The van der Waals surface area contributed by atoms with Gasteiger partial charge in [-0.1, -0.05) is 26.2 Å². The molecule has 1 unspecified atom stereocenters. The SMILES string of the molecule is CCC(Nc1ccncc1N)C1CCCCC1. The maximum atomic E-state index is 5.93. The molecule has 1 aromatic rings. The third-order valence-corrected chi connectivity index (χ3v) is 3.85. The third kappa shape index (κ3) is 3.11. The van der Waals surface area contributed by atoms with Crippen LogP contribution in [0.15, 0.2) is 18.5 Å². The van der Waals surface area contributed by atoms with E-state index >= 15 is 0 Å². The van der Waals surface area contributed by atoms with Gasteiger partial charge in [0.25, 0.3) is 0 Å². The van der Waals surface area contributed by atoms with Gasteiger partial charge >= 0.3 is 0 Å². The molecule has 1 aliphatic carbocycles. The minimum atomic E-state index is 0.556. The van der Waals surface area contributed by atoms with Gasteiger partial charge in [-0.25, -0.2) is 0 Å². The molecule has 0 bridgehead atoms. The first-order chi connectivity index (χ1) is 8.31. The van der Waals surface area contributed by atoms with Crippen LogP contribution in [0.4, 0.5) is 11.4 Å². The normalized spacial score (nSPS) is 18.9. The van der Waals surface area contributed by atoms with Crippen LogP contribution in [0.1, 0.15) is 45.4 Å². The van der Waals surface area contributed by atoms with Crippen LogP contribution in [0.3, 0.4) is 0 Å². The zero-order valence-electron chi connectivity index (χ0n) is 10.7. The average Bonchev–Trinajstić information content (AvgIpc) is 2.39. The number of aromatic nitrogens is 1. The van der Waals surface area contributed by atoms with Crippen LogP contribution in [0.2, 0.25) is 0 Å². The van der Waals surface area contributed by atoms with E-state index in [4.69, 9.17) is 5.73 Å². The molecule has 1 aromatic heterocycles. The fourth-order valence-corrected chi connectivity index (χ4v) is 2.83. The zero-order valence-corrected chi connectivity index (χ0v) is 10.7. The Hall–Kier alpha value is -1.25. The van der Waals surface area contributed by atoms with Crippen LogP contribution in [0.5, 0.6) is 0 Å². The van der Waals surface area contributed by atoms with Crippen LogP contribution < -0.4 is 11.1 Å². The van der Waals surface area contributed by atoms with Gasteiger partial charge in [-0.15, -0.1) is 0 Å². The van der Waals surface area contributed by atoms with E-state index in [1.807, 2.05) is 6.07 Å². The summed E-state index contributed by atoms with van der Waals surface area (Å²) in [5.74, 6) is 0.807. The van der Waals surface area contributed by atoms with Gasteiger partial charge in [-0.3, -0.25) is 4.98 Å². The molecule has 3 nitrogen and oxygen atoms in total. The van der Waals surface area contributed by atoms with E-state index in [1.54, 1.807) is 12.4 Å². The van der Waals surface area contributed by atoms with Gasteiger partial charge in [-0.05, 0) is 31.2 Å². The van der Waals surface area contributed by atoms with Crippen molar-refractivity contribution in [2.24, 2.45) is 5.92 Å². The van der Waals surface area contributed by atoms with Crippen LogP contribution >= 0.6 is 0 Å². The second kappa shape index (κ2) is 5.89. The number of nitrogens with zero attached hydrogens (tertiary/aromatic N) is 1. The Balaban J connectivity index is 2.01. The summed E-state index contributed by atoms with van der Waals surface area (Å²) in [5, 5.41) is 3.60. The van der Waals surface area contributed by atoms with Crippen molar-refractivity contribution < 1.29 is 0 Å². The molecule has 3 N–H and O–H groups in total. The Bertz CT molecular complexity index is 345. The van der Waals surface area contributed by atoms with E-state index in [1.165, 1.54) is 32.1 Å². The lowest BCUT2D eigenvalue weighted by Crippen LogP contribution is -2.30. The molecule has 1 atom stereocenters. The third-order valence-electron chi connectivity index (χ3n) is 3.85. The fourth-order valence-electron chi connectivity index (χ4n) is 2.83. The Labute approximate surface area is 104 Å². The molecule has 3 heteroatoms. The largest absolute Gasteiger partial charge is 0.396 e. The van der Waals surface area contributed by atoms with Crippen molar-refractivity contribution >= 4 is 11.4 Å². The lowest BCUT2D eigenvalue weighted by molar-refractivity contribution is 0.313. The number of nitrogens with two attached hydrogens (primary N) is 1. The number of pyridine rings is 1. The fraction of sp³-hybridized carbons (Fsp3) is 0.643. The summed E-state index contributed by atoms with van der Waals surface area (Å²) in [6.07, 6.45) is 11.6. The zero-order chi connectivity index (χ0) is 12.1. The van der Waals surface area contributed by atoms with E-state index in [-0.39, 0.29) is 0 Å². The second-order valence-corrected chi connectivity index (χ2v) is 5.02. The molecule has 0 amide bonds. The van der Waals surface area contributed by atoms with Gasteiger partial charge in [0.05, 0.1) is 17.6 Å². The van der Waals surface area contributed by atoms with Crippen molar-refractivity contribution in [3.8, 4) is 0 Å². The van der Waals surface area contributed by atoms with E-state index < -0.39 is 0 Å². The van der Waals surface area contributed by atoms with Crippen molar-refractivity contribution in [1.82, 2.24) is 4.98 Å². The average molecular weight is 233 g/mol. The lowest BCUT2D eigenvalue weighted by atomic mass is 9.83.